The van der Waals surface area contributed by atoms with E-state index >= 15 is 0 Å². The monoisotopic (exact) mass is 199 g/mol. The minimum absolute atomic E-state index is 0.211. The highest BCUT2D eigenvalue weighted by Gasteiger charge is 2.13. The van der Waals surface area contributed by atoms with Gasteiger partial charge in [-0.2, -0.15) is 0 Å². The van der Waals surface area contributed by atoms with Crippen molar-refractivity contribution in [2.45, 2.75) is 13.0 Å². The van der Waals surface area contributed by atoms with E-state index in [-0.39, 0.29) is 22.6 Å². The Hall–Kier alpha value is -1.43. The lowest BCUT2D eigenvalue weighted by molar-refractivity contribution is 0.0940. The number of rotatable bonds is 3. The highest BCUT2D eigenvalue weighted by molar-refractivity contribution is 7.80. The number of aromatic nitrogens is 1. The molecule has 0 spiro atoms. The van der Waals surface area contributed by atoms with Crippen LogP contribution in [0.25, 0.3) is 0 Å². The van der Waals surface area contributed by atoms with Gasteiger partial charge in [0.25, 0.3) is 5.91 Å². The molecule has 3 N–H and O–H groups in total. The van der Waals surface area contributed by atoms with Crippen LogP contribution in [-0.4, -0.2) is 22.1 Å². The number of hydrogen-bond acceptors (Lipinski definition) is 4. The second-order valence-electron chi connectivity index (χ2n) is 2.48. The van der Waals surface area contributed by atoms with E-state index in [0.717, 1.165) is 0 Å². The summed E-state index contributed by atoms with van der Waals surface area (Å²) in [7, 11) is 0. The van der Waals surface area contributed by atoms with E-state index in [4.69, 9.17) is 5.73 Å². The van der Waals surface area contributed by atoms with Crippen molar-refractivity contribution in [3.63, 3.8) is 0 Å². The van der Waals surface area contributed by atoms with Crippen LogP contribution < -0.4 is 11.1 Å². The van der Waals surface area contributed by atoms with Crippen molar-refractivity contribution in [3.8, 4) is 0 Å². The van der Waals surface area contributed by atoms with Gasteiger partial charge in [-0.25, -0.2) is 0 Å². The molecule has 1 aromatic heterocycles. The van der Waals surface area contributed by atoms with Crippen molar-refractivity contribution < 1.29 is 9.32 Å². The summed E-state index contributed by atoms with van der Waals surface area (Å²) in [4.78, 5) is 11.5. The van der Waals surface area contributed by atoms with Crippen molar-refractivity contribution in [2.24, 2.45) is 5.73 Å². The summed E-state index contributed by atoms with van der Waals surface area (Å²) in [5, 5.41) is 6.01. The van der Waals surface area contributed by atoms with E-state index in [1.165, 1.54) is 12.3 Å². The first-order valence-corrected chi connectivity index (χ1v) is 4.02. The molecule has 0 radical (unpaired) electrons. The molecule has 0 saturated heterocycles. The Morgan fingerprint density at radius 3 is 3.00 bits per heavy atom. The van der Waals surface area contributed by atoms with Gasteiger partial charge in [0, 0.05) is 6.07 Å². The number of amides is 1. The van der Waals surface area contributed by atoms with E-state index in [1.807, 2.05) is 0 Å². The summed E-state index contributed by atoms with van der Waals surface area (Å²) in [6, 6.07) is 1.11. The third kappa shape index (κ3) is 2.51. The molecule has 0 aromatic carbocycles. The Bertz CT molecular complexity index is 310. The first-order valence-electron chi connectivity index (χ1n) is 3.62. The number of nitrogens with zero attached hydrogens (tertiary/aromatic N) is 1. The third-order valence-corrected chi connectivity index (χ3v) is 1.80. The molecule has 1 atom stereocenters. The van der Waals surface area contributed by atoms with Crippen molar-refractivity contribution in [3.05, 3.63) is 18.0 Å². The fraction of sp³-hybridized carbons (Fsp3) is 0.286. The Labute approximate surface area is 80.3 Å². The maximum atomic E-state index is 11.3. The molecule has 13 heavy (non-hydrogen) atoms. The quantitative estimate of drug-likeness (QED) is 0.674. The van der Waals surface area contributed by atoms with E-state index in [0.29, 0.717) is 0 Å². The average Bonchev–Trinajstić information content (AvgIpc) is 2.55. The number of carbonyl (C=O) groups is 1. The summed E-state index contributed by atoms with van der Waals surface area (Å²) < 4.78 is 4.50. The zero-order chi connectivity index (χ0) is 9.84. The van der Waals surface area contributed by atoms with Gasteiger partial charge in [-0.3, -0.25) is 4.79 Å². The Balaban J connectivity index is 2.56. The topological polar surface area (TPSA) is 81.2 Å². The fourth-order valence-electron chi connectivity index (χ4n) is 0.671. The molecule has 1 heterocycles. The molecule has 6 heteroatoms. The van der Waals surface area contributed by atoms with Crippen molar-refractivity contribution in [1.82, 2.24) is 10.5 Å². The van der Waals surface area contributed by atoms with Crippen LogP contribution in [0.15, 0.2) is 16.9 Å². The van der Waals surface area contributed by atoms with Crippen LogP contribution in [0, 0.1) is 0 Å². The van der Waals surface area contributed by atoms with Gasteiger partial charge in [-0.05, 0) is 6.92 Å². The molecule has 0 bridgehead atoms. The molecular weight excluding hydrogens is 190 g/mol. The third-order valence-electron chi connectivity index (χ3n) is 1.44. The SMILES string of the molecule is CC(NC(=O)c1ccon1)C(N)=S. The molecular formula is C7H9N3O2S. The van der Waals surface area contributed by atoms with Gasteiger partial charge in [0.1, 0.15) is 6.26 Å². The highest BCUT2D eigenvalue weighted by atomic mass is 32.1. The van der Waals surface area contributed by atoms with Crippen LogP contribution in [-0.2, 0) is 0 Å². The predicted molar refractivity (Wildman–Crippen MR) is 50.2 cm³/mol. The lowest BCUT2D eigenvalue weighted by Gasteiger charge is -2.09. The van der Waals surface area contributed by atoms with Crippen molar-refractivity contribution in [2.75, 3.05) is 0 Å². The minimum Gasteiger partial charge on any atom is -0.392 e. The zero-order valence-corrected chi connectivity index (χ0v) is 7.80. The van der Waals surface area contributed by atoms with Crippen LogP contribution in [0.1, 0.15) is 17.4 Å². The van der Waals surface area contributed by atoms with E-state index in [2.05, 4.69) is 27.2 Å². The molecule has 0 aliphatic heterocycles. The van der Waals surface area contributed by atoms with Crippen LogP contribution in [0.4, 0.5) is 0 Å². The van der Waals surface area contributed by atoms with E-state index in [1.54, 1.807) is 6.92 Å². The van der Waals surface area contributed by atoms with E-state index < -0.39 is 0 Å². The van der Waals surface area contributed by atoms with Crippen LogP contribution in [0.3, 0.4) is 0 Å². The van der Waals surface area contributed by atoms with Crippen LogP contribution in [0.5, 0.6) is 0 Å². The summed E-state index contributed by atoms with van der Waals surface area (Å²) in [5.41, 5.74) is 5.52. The number of carbonyl (C=O) groups excluding carboxylic acids is 1. The average molecular weight is 199 g/mol. The van der Waals surface area contributed by atoms with Gasteiger partial charge in [-0.15, -0.1) is 0 Å². The predicted octanol–water partition coefficient (Wildman–Crippen LogP) is 0.0790. The summed E-state index contributed by atoms with van der Waals surface area (Å²) in [6.45, 7) is 1.69. The molecule has 0 aliphatic carbocycles. The minimum atomic E-state index is -0.353. The fourth-order valence-corrected chi connectivity index (χ4v) is 0.730. The van der Waals surface area contributed by atoms with Gasteiger partial charge in [0.05, 0.1) is 11.0 Å². The Morgan fingerprint density at radius 2 is 2.54 bits per heavy atom. The number of thiocarbonyl (C=S) groups is 1. The second-order valence-corrected chi connectivity index (χ2v) is 2.95. The van der Waals surface area contributed by atoms with Gasteiger partial charge in [0.15, 0.2) is 5.69 Å². The van der Waals surface area contributed by atoms with E-state index in [9.17, 15) is 4.79 Å². The molecule has 5 nitrogen and oxygen atoms in total. The first-order chi connectivity index (χ1) is 6.11. The molecule has 1 amide bonds. The largest absolute Gasteiger partial charge is 0.392 e. The molecule has 70 valence electrons. The normalized spacial score (nSPS) is 12.1. The van der Waals surface area contributed by atoms with Crippen LogP contribution in [0.2, 0.25) is 0 Å². The Morgan fingerprint density at radius 1 is 1.85 bits per heavy atom. The molecule has 0 saturated carbocycles. The molecule has 1 unspecified atom stereocenters. The van der Waals surface area contributed by atoms with Gasteiger partial charge in [0.2, 0.25) is 0 Å². The smallest absolute Gasteiger partial charge is 0.274 e. The first kappa shape index (κ1) is 9.66. The molecule has 1 aromatic rings. The van der Waals surface area contributed by atoms with Crippen molar-refractivity contribution >= 4 is 23.1 Å². The maximum absolute atomic E-state index is 11.3. The van der Waals surface area contributed by atoms with Crippen LogP contribution >= 0.6 is 12.2 Å². The van der Waals surface area contributed by atoms with Gasteiger partial charge >= 0.3 is 0 Å². The number of nitrogens with two attached hydrogens (primary N) is 1. The van der Waals surface area contributed by atoms with Gasteiger partial charge in [-0.1, -0.05) is 17.4 Å². The standard InChI is InChI=1S/C7H9N3O2S/c1-4(6(8)13)9-7(11)5-2-3-12-10-5/h2-4H,1H3,(H2,8,13)(H,9,11). The lowest BCUT2D eigenvalue weighted by atomic mass is 10.3. The number of hydrogen-bond donors (Lipinski definition) is 2. The molecule has 1 rings (SSSR count). The Kier molecular flexibility index (Phi) is 2.97. The lowest BCUT2D eigenvalue weighted by Crippen LogP contribution is -2.41. The summed E-state index contributed by atoms with van der Waals surface area (Å²) >= 11 is 4.69. The summed E-state index contributed by atoms with van der Waals surface area (Å²) in [5.74, 6) is -0.353. The second kappa shape index (κ2) is 3.99. The number of nitrogens with one attached hydrogen (secondary N) is 1. The maximum Gasteiger partial charge on any atom is 0.274 e. The molecule has 0 fully saturated rings. The molecule has 0 aliphatic rings. The van der Waals surface area contributed by atoms with Gasteiger partial charge < -0.3 is 15.6 Å². The highest BCUT2D eigenvalue weighted by Crippen LogP contribution is 1.94. The zero-order valence-electron chi connectivity index (χ0n) is 6.98. The summed E-state index contributed by atoms with van der Waals surface area (Å²) in [6.07, 6.45) is 1.32. The van der Waals surface area contributed by atoms with Crippen molar-refractivity contribution in [1.29, 1.82) is 0 Å².